The molecule has 70 valence electrons. The van der Waals surface area contributed by atoms with E-state index in [0.717, 1.165) is 6.07 Å². The lowest BCUT2D eigenvalue weighted by molar-refractivity contribution is -0.00552. The van der Waals surface area contributed by atoms with Crippen LogP contribution in [0.5, 0.6) is 0 Å². The minimum atomic E-state index is -3.21. The predicted molar refractivity (Wildman–Crippen MR) is 38.6 cm³/mol. The van der Waals surface area contributed by atoms with Crippen LogP contribution in [-0.2, 0) is 12.3 Å². The number of aryl methyl sites for hydroxylation is 1. The molecule has 0 aromatic heterocycles. The second kappa shape index (κ2) is 2.47. The van der Waals surface area contributed by atoms with Crippen LogP contribution in [0.15, 0.2) is 12.1 Å². The van der Waals surface area contributed by atoms with Gasteiger partial charge in [-0.1, -0.05) is 6.07 Å². The summed E-state index contributed by atoms with van der Waals surface area (Å²) >= 11 is 0. The SMILES string of the molecule is Fc1ccc2c(c1F)C(F)(F)CC2. The third-order valence-corrected chi connectivity index (χ3v) is 2.26. The van der Waals surface area contributed by atoms with Crippen LogP contribution in [0.25, 0.3) is 0 Å². The highest BCUT2D eigenvalue weighted by Gasteiger charge is 2.42. The van der Waals surface area contributed by atoms with Crippen LogP contribution < -0.4 is 0 Å². The topological polar surface area (TPSA) is 0 Å². The number of rotatable bonds is 0. The maximum atomic E-state index is 13.0. The molecule has 0 aliphatic heterocycles. The highest BCUT2D eigenvalue weighted by Crippen LogP contribution is 2.43. The smallest absolute Gasteiger partial charge is 0.204 e. The summed E-state index contributed by atoms with van der Waals surface area (Å²) in [5.74, 6) is -5.82. The van der Waals surface area contributed by atoms with Crippen LogP contribution in [0.1, 0.15) is 17.5 Å². The quantitative estimate of drug-likeness (QED) is 0.551. The van der Waals surface area contributed by atoms with E-state index in [-0.39, 0.29) is 12.0 Å². The fourth-order valence-corrected chi connectivity index (χ4v) is 1.61. The zero-order chi connectivity index (χ0) is 9.64. The van der Waals surface area contributed by atoms with Crippen LogP contribution in [0.3, 0.4) is 0 Å². The molecule has 0 N–H and O–H groups in total. The standard InChI is InChI=1S/C9H6F4/c10-6-2-1-5-3-4-9(12,13)7(5)8(6)11/h1-2H,3-4H2. The molecule has 2 rings (SSSR count). The van der Waals surface area contributed by atoms with E-state index in [9.17, 15) is 17.6 Å². The third-order valence-electron chi connectivity index (χ3n) is 2.26. The number of halogens is 4. The zero-order valence-corrected chi connectivity index (χ0v) is 6.58. The lowest BCUT2D eigenvalue weighted by atomic mass is 10.1. The van der Waals surface area contributed by atoms with E-state index in [4.69, 9.17) is 0 Å². The van der Waals surface area contributed by atoms with E-state index in [1.54, 1.807) is 0 Å². The molecule has 0 heterocycles. The molecule has 13 heavy (non-hydrogen) atoms. The fourth-order valence-electron chi connectivity index (χ4n) is 1.61. The maximum absolute atomic E-state index is 13.0. The molecule has 0 spiro atoms. The molecule has 1 aromatic rings. The van der Waals surface area contributed by atoms with Gasteiger partial charge in [-0.3, -0.25) is 0 Å². The molecule has 0 bridgehead atoms. The van der Waals surface area contributed by atoms with Crippen molar-refractivity contribution in [3.63, 3.8) is 0 Å². The zero-order valence-electron chi connectivity index (χ0n) is 6.58. The lowest BCUT2D eigenvalue weighted by Gasteiger charge is -2.10. The molecule has 0 saturated heterocycles. The van der Waals surface area contributed by atoms with Gasteiger partial charge < -0.3 is 0 Å². The van der Waals surface area contributed by atoms with E-state index in [2.05, 4.69) is 0 Å². The average Bonchev–Trinajstić information content (AvgIpc) is 2.35. The highest BCUT2D eigenvalue weighted by atomic mass is 19.3. The predicted octanol–water partition coefficient (Wildman–Crippen LogP) is 3.00. The highest BCUT2D eigenvalue weighted by molar-refractivity contribution is 5.37. The number of fused-ring (bicyclic) bond motifs is 1. The van der Waals surface area contributed by atoms with Crippen molar-refractivity contribution in [3.05, 3.63) is 34.9 Å². The Balaban J connectivity index is 2.68. The van der Waals surface area contributed by atoms with Gasteiger partial charge in [0.1, 0.15) is 0 Å². The van der Waals surface area contributed by atoms with Crippen LogP contribution in [0.4, 0.5) is 17.6 Å². The monoisotopic (exact) mass is 190 g/mol. The van der Waals surface area contributed by atoms with Crippen molar-refractivity contribution in [3.8, 4) is 0 Å². The van der Waals surface area contributed by atoms with Crippen molar-refractivity contribution in [2.75, 3.05) is 0 Å². The van der Waals surface area contributed by atoms with Gasteiger partial charge >= 0.3 is 0 Å². The van der Waals surface area contributed by atoms with Gasteiger partial charge in [0, 0.05) is 6.42 Å². The Kier molecular flexibility index (Phi) is 1.62. The molecule has 0 fully saturated rings. The van der Waals surface area contributed by atoms with E-state index < -0.39 is 29.5 Å². The number of hydrogen-bond acceptors (Lipinski definition) is 0. The Hall–Kier alpha value is -1.06. The summed E-state index contributed by atoms with van der Waals surface area (Å²) in [6, 6.07) is 2.10. The molecule has 1 aliphatic rings. The van der Waals surface area contributed by atoms with Gasteiger partial charge in [0.15, 0.2) is 11.6 Å². The first kappa shape index (κ1) is 8.53. The van der Waals surface area contributed by atoms with E-state index in [1.165, 1.54) is 6.07 Å². The van der Waals surface area contributed by atoms with E-state index in [1.807, 2.05) is 0 Å². The molecule has 1 aliphatic carbocycles. The minimum Gasteiger partial charge on any atom is -0.204 e. The summed E-state index contributed by atoms with van der Waals surface area (Å²) in [5, 5.41) is 0. The second-order valence-corrected chi connectivity index (χ2v) is 3.10. The molecule has 0 unspecified atom stereocenters. The molecule has 0 nitrogen and oxygen atoms in total. The van der Waals surface area contributed by atoms with Crippen molar-refractivity contribution >= 4 is 0 Å². The van der Waals surface area contributed by atoms with Crippen LogP contribution >= 0.6 is 0 Å². The Morgan fingerprint density at radius 3 is 2.54 bits per heavy atom. The molecule has 4 heteroatoms. The van der Waals surface area contributed by atoms with Gasteiger partial charge in [0.2, 0.25) is 0 Å². The normalized spacial score (nSPS) is 18.8. The van der Waals surface area contributed by atoms with Crippen molar-refractivity contribution < 1.29 is 17.6 Å². The van der Waals surface area contributed by atoms with E-state index in [0.29, 0.717) is 0 Å². The summed E-state index contributed by atoms with van der Waals surface area (Å²) in [6.07, 6.45) is -0.317. The Morgan fingerprint density at radius 2 is 1.85 bits per heavy atom. The number of benzene rings is 1. The molecule has 1 aromatic carbocycles. The van der Waals surface area contributed by atoms with Crippen LogP contribution in [0, 0.1) is 11.6 Å². The third kappa shape index (κ3) is 1.12. The van der Waals surface area contributed by atoms with Crippen LogP contribution in [0.2, 0.25) is 0 Å². The maximum Gasteiger partial charge on any atom is 0.276 e. The summed E-state index contributed by atoms with van der Waals surface area (Å²) in [7, 11) is 0. The average molecular weight is 190 g/mol. The summed E-state index contributed by atoms with van der Waals surface area (Å²) < 4.78 is 51.5. The summed E-state index contributed by atoms with van der Waals surface area (Å²) in [5.41, 5.74) is -0.545. The van der Waals surface area contributed by atoms with Crippen LogP contribution in [-0.4, -0.2) is 0 Å². The Bertz CT molecular complexity index is 357. The Labute approximate surface area is 72.2 Å². The summed E-state index contributed by atoms with van der Waals surface area (Å²) in [4.78, 5) is 0. The molecular weight excluding hydrogens is 184 g/mol. The van der Waals surface area contributed by atoms with Gasteiger partial charge in [-0.2, -0.15) is 0 Å². The van der Waals surface area contributed by atoms with Crippen molar-refractivity contribution in [2.45, 2.75) is 18.8 Å². The molecule has 0 amide bonds. The molecule has 0 saturated carbocycles. The summed E-state index contributed by atoms with van der Waals surface area (Å²) in [6.45, 7) is 0. The molecule has 0 radical (unpaired) electrons. The Morgan fingerprint density at radius 1 is 1.15 bits per heavy atom. The molecule has 0 atom stereocenters. The van der Waals surface area contributed by atoms with Crippen molar-refractivity contribution in [1.29, 1.82) is 0 Å². The lowest BCUT2D eigenvalue weighted by Crippen LogP contribution is -2.11. The van der Waals surface area contributed by atoms with Gasteiger partial charge in [-0.15, -0.1) is 0 Å². The first-order valence-electron chi connectivity index (χ1n) is 3.87. The van der Waals surface area contributed by atoms with Gasteiger partial charge in [-0.25, -0.2) is 17.6 Å². The van der Waals surface area contributed by atoms with E-state index >= 15 is 0 Å². The van der Waals surface area contributed by atoms with Crippen molar-refractivity contribution in [2.24, 2.45) is 0 Å². The van der Waals surface area contributed by atoms with Crippen molar-refractivity contribution in [1.82, 2.24) is 0 Å². The second-order valence-electron chi connectivity index (χ2n) is 3.10. The van der Waals surface area contributed by atoms with Gasteiger partial charge in [-0.05, 0) is 18.1 Å². The number of hydrogen-bond donors (Lipinski definition) is 0. The minimum absolute atomic E-state index is 0.111. The fraction of sp³-hybridized carbons (Fsp3) is 0.333. The first-order valence-corrected chi connectivity index (χ1v) is 3.87. The largest absolute Gasteiger partial charge is 0.276 e. The molecular formula is C9H6F4. The van der Waals surface area contributed by atoms with Gasteiger partial charge in [0.05, 0.1) is 5.56 Å². The van der Waals surface area contributed by atoms with Gasteiger partial charge in [0.25, 0.3) is 5.92 Å². The number of alkyl halides is 2. The first-order chi connectivity index (χ1) is 6.02.